The highest BCUT2D eigenvalue weighted by Gasteiger charge is 2.40. The lowest BCUT2D eigenvalue weighted by Crippen LogP contribution is -2.30. The van der Waals surface area contributed by atoms with Crippen LogP contribution in [0.15, 0.2) is 77.7 Å². The number of nitrogens with zero attached hydrogens (tertiary/aromatic N) is 1. The number of carbonyl (C=O) groups excluding carboxylic acids is 3. The first-order chi connectivity index (χ1) is 14.9. The van der Waals surface area contributed by atoms with E-state index in [0.717, 1.165) is 4.90 Å². The number of rotatable bonds is 5. The van der Waals surface area contributed by atoms with Crippen molar-refractivity contribution in [3.63, 3.8) is 0 Å². The van der Waals surface area contributed by atoms with Crippen molar-refractivity contribution in [2.45, 2.75) is 16.6 Å². The smallest absolute Gasteiger partial charge is 0.257 e. The van der Waals surface area contributed by atoms with Crippen LogP contribution in [-0.2, 0) is 9.59 Å². The van der Waals surface area contributed by atoms with Crippen molar-refractivity contribution in [2.24, 2.45) is 0 Å². The van der Waals surface area contributed by atoms with Gasteiger partial charge in [-0.05, 0) is 54.6 Å². The van der Waals surface area contributed by atoms with E-state index in [9.17, 15) is 14.4 Å². The van der Waals surface area contributed by atoms with E-state index in [4.69, 9.17) is 23.2 Å². The first-order valence-electron chi connectivity index (χ1n) is 9.37. The number of imide groups is 1. The molecule has 0 aliphatic carbocycles. The molecule has 1 heterocycles. The summed E-state index contributed by atoms with van der Waals surface area (Å²) in [6.07, 6.45) is 0.145. The predicted octanol–water partition coefficient (Wildman–Crippen LogP) is 5.67. The van der Waals surface area contributed by atoms with Crippen LogP contribution in [0.1, 0.15) is 16.8 Å². The minimum Gasteiger partial charge on any atom is -0.322 e. The van der Waals surface area contributed by atoms with Gasteiger partial charge in [-0.1, -0.05) is 41.4 Å². The quantitative estimate of drug-likeness (QED) is 0.487. The van der Waals surface area contributed by atoms with Crippen molar-refractivity contribution in [2.75, 3.05) is 10.2 Å². The van der Waals surface area contributed by atoms with Crippen LogP contribution in [0.2, 0.25) is 10.0 Å². The lowest BCUT2D eigenvalue weighted by molar-refractivity contribution is -0.121. The second-order valence-corrected chi connectivity index (χ2v) is 8.94. The number of hydrogen-bond acceptors (Lipinski definition) is 4. The number of halogens is 2. The molecule has 0 radical (unpaired) electrons. The van der Waals surface area contributed by atoms with E-state index in [1.54, 1.807) is 60.7 Å². The number of benzene rings is 3. The maximum Gasteiger partial charge on any atom is 0.257 e. The van der Waals surface area contributed by atoms with Crippen LogP contribution in [0.3, 0.4) is 0 Å². The number of anilines is 2. The Hall–Kier alpha value is -2.80. The molecular formula is C23H16Cl2N2O3S. The molecule has 1 aliphatic rings. The van der Waals surface area contributed by atoms with Gasteiger partial charge in [0.1, 0.15) is 0 Å². The fourth-order valence-corrected chi connectivity index (χ4v) is 4.75. The molecule has 0 spiro atoms. The maximum absolute atomic E-state index is 12.8. The zero-order chi connectivity index (χ0) is 22.0. The average Bonchev–Trinajstić information content (AvgIpc) is 3.03. The molecule has 1 aliphatic heterocycles. The van der Waals surface area contributed by atoms with Crippen LogP contribution >= 0.6 is 35.0 Å². The Labute approximate surface area is 193 Å². The predicted molar refractivity (Wildman–Crippen MR) is 124 cm³/mol. The van der Waals surface area contributed by atoms with E-state index in [2.05, 4.69) is 5.32 Å². The van der Waals surface area contributed by atoms with Crippen LogP contribution in [0.4, 0.5) is 11.4 Å². The van der Waals surface area contributed by atoms with Crippen molar-refractivity contribution in [3.8, 4) is 0 Å². The average molecular weight is 471 g/mol. The number of carbonyl (C=O) groups is 3. The van der Waals surface area contributed by atoms with Crippen LogP contribution in [0, 0.1) is 0 Å². The molecule has 156 valence electrons. The fraction of sp³-hybridized carbons (Fsp3) is 0.0870. The van der Waals surface area contributed by atoms with Gasteiger partial charge in [0.15, 0.2) is 0 Å². The summed E-state index contributed by atoms with van der Waals surface area (Å²) >= 11 is 13.3. The fourth-order valence-electron chi connectivity index (χ4n) is 3.20. The Morgan fingerprint density at radius 2 is 1.68 bits per heavy atom. The summed E-state index contributed by atoms with van der Waals surface area (Å²) in [5.41, 5.74) is 1.49. The van der Waals surface area contributed by atoms with Crippen LogP contribution in [0.25, 0.3) is 0 Å². The summed E-state index contributed by atoms with van der Waals surface area (Å²) in [7, 11) is 0. The summed E-state index contributed by atoms with van der Waals surface area (Å²) in [4.78, 5) is 39.6. The van der Waals surface area contributed by atoms with Crippen molar-refractivity contribution in [3.05, 3.63) is 88.4 Å². The van der Waals surface area contributed by atoms with Gasteiger partial charge in [0.25, 0.3) is 5.91 Å². The molecular weight excluding hydrogens is 455 g/mol. The summed E-state index contributed by atoms with van der Waals surface area (Å²) < 4.78 is 0. The second-order valence-electron chi connectivity index (χ2n) is 6.82. The number of thioether (sulfide) groups is 1. The molecule has 3 aromatic rings. The number of nitrogens with one attached hydrogen (secondary N) is 1. The minimum absolute atomic E-state index is 0.145. The van der Waals surface area contributed by atoms with Gasteiger partial charge < -0.3 is 5.32 Å². The van der Waals surface area contributed by atoms with Gasteiger partial charge in [0, 0.05) is 22.0 Å². The van der Waals surface area contributed by atoms with Crippen molar-refractivity contribution in [1.29, 1.82) is 0 Å². The number of hydrogen-bond donors (Lipinski definition) is 1. The van der Waals surface area contributed by atoms with E-state index in [1.165, 1.54) is 22.7 Å². The summed E-state index contributed by atoms with van der Waals surface area (Å²) in [5, 5.41) is 3.01. The zero-order valence-electron chi connectivity index (χ0n) is 16.0. The molecule has 4 rings (SSSR count). The summed E-state index contributed by atoms with van der Waals surface area (Å²) in [5.74, 6) is -0.787. The zero-order valence-corrected chi connectivity index (χ0v) is 18.4. The Morgan fingerprint density at radius 3 is 2.35 bits per heavy atom. The van der Waals surface area contributed by atoms with Crippen LogP contribution < -0.4 is 10.2 Å². The van der Waals surface area contributed by atoms with E-state index in [0.29, 0.717) is 22.0 Å². The molecule has 5 nitrogen and oxygen atoms in total. The van der Waals surface area contributed by atoms with E-state index >= 15 is 0 Å². The van der Waals surface area contributed by atoms with Crippen LogP contribution in [-0.4, -0.2) is 23.0 Å². The van der Waals surface area contributed by atoms with Crippen molar-refractivity contribution < 1.29 is 14.4 Å². The van der Waals surface area contributed by atoms with Gasteiger partial charge in [-0.15, -0.1) is 11.8 Å². The van der Waals surface area contributed by atoms with Crippen molar-refractivity contribution >= 4 is 64.1 Å². The van der Waals surface area contributed by atoms with Gasteiger partial charge in [-0.3, -0.25) is 14.4 Å². The monoisotopic (exact) mass is 470 g/mol. The second kappa shape index (κ2) is 9.14. The Bertz CT molecular complexity index is 1150. The molecule has 1 fully saturated rings. The molecule has 0 aromatic heterocycles. The Kier molecular flexibility index (Phi) is 6.32. The molecule has 8 heteroatoms. The SMILES string of the molecule is O=C(Nc1ccc(S[C@H]2CC(=O)N(c3ccccc3)C2=O)cc1)c1ccc(Cl)cc1Cl. The van der Waals surface area contributed by atoms with Gasteiger partial charge >= 0.3 is 0 Å². The summed E-state index contributed by atoms with van der Waals surface area (Å²) in [6.45, 7) is 0. The highest BCUT2D eigenvalue weighted by Crippen LogP contribution is 2.34. The molecule has 3 aromatic carbocycles. The molecule has 3 amide bonds. The topological polar surface area (TPSA) is 66.5 Å². The lowest BCUT2D eigenvalue weighted by Gasteiger charge is -2.14. The minimum atomic E-state index is -0.485. The number of para-hydroxylation sites is 1. The summed E-state index contributed by atoms with van der Waals surface area (Å²) in [6, 6.07) is 20.6. The molecule has 1 saturated heterocycles. The first-order valence-corrected chi connectivity index (χ1v) is 11.0. The highest BCUT2D eigenvalue weighted by atomic mass is 35.5. The maximum atomic E-state index is 12.8. The van der Waals surface area contributed by atoms with Gasteiger partial charge in [-0.25, -0.2) is 4.90 Å². The third kappa shape index (κ3) is 4.77. The highest BCUT2D eigenvalue weighted by molar-refractivity contribution is 8.00. The van der Waals surface area contributed by atoms with Gasteiger partial charge in [0.2, 0.25) is 11.8 Å². The molecule has 0 unspecified atom stereocenters. The normalized spacial score (nSPS) is 15.9. The van der Waals surface area contributed by atoms with E-state index in [1.807, 2.05) is 6.07 Å². The largest absolute Gasteiger partial charge is 0.322 e. The molecule has 0 saturated carbocycles. The third-order valence-corrected chi connectivity index (χ3v) is 6.43. The Balaban J connectivity index is 1.41. The third-order valence-electron chi connectivity index (χ3n) is 4.69. The van der Waals surface area contributed by atoms with E-state index in [-0.39, 0.29) is 29.2 Å². The standard InChI is InChI=1S/C23H16Cl2N2O3S/c24-14-6-11-18(19(25)12-14)22(29)26-15-7-9-17(10-8-15)31-20-13-21(28)27(23(20)30)16-4-2-1-3-5-16/h1-12,20H,13H2,(H,26,29)/t20-/m0/s1. The van der Waals surface area contributed by atoms with Gasteiger partial charge in [0.05, 0.1) is 21.5 Å². The molecule has 1 atom stereocenters. The van der Waals surface area contributed by atoms with Crippen molar-refractivity contribution in [1.82, 2.24) is 0 Å². The van der Waals surface area contributed by atoms with E-state index < -0.39 is 5.25 Å². The van der Waals surface area contributed by atoms with Crippen LogP contribution in [0.5, 0.6) is 0 Å². The molecule has 31 heavy (non-hydrogen) atoms. The molecule has 0 bridgehead atoms. The first kappa shape index (κ1) is 21.4. The number of amides is 3. The Morgan fingerprint density at radius 1 is 0.968 bits per heavy atom. The van der Waals surface area contributed by atoms with Gasteiger partial charge in [-0.2, -0.15) is 0 Å². The lowest BCUT2D eigenvalue weighted by atomic mass is 10.2. The molecule has 1 N–H and O–H groups in total.